The maximum atomic E-state index is 14.9. The number of rotatable bonds is 15. The molecule has 2 aliphatic carbocycles. The van der Waals surface area contributed by atoms with Crippen molar-refractivity contribution in [2.24, 2.45) is 17.8 Å². The van der Waals surface area contributed by atoms with Gasteiger partial charge in [-0.1, -0.05) is 97.0 Å². The first kappa shape index (κ1) is 28.5. The molecule has 1 aromatic carbocycles. The van der Waals surface area contributed by atoms with Crippen LogP contribution in [0.2, 0.25) is 0 Å². The highest BCUT2D eigenvalue weighted by molar-refractivity contribution is 5.33. The number of unbranched alkanes of at least 4 members (excludes halogenated alkanes) is 8. The first-order valence-electron chi connectivity index (χ1n) is 15.2. The zero-order chi connectivity index (χ0) is 24.9. The summed E-state index contributed by atoms with van der Waals surface area (Å²) in [6, 6.07) is 3.45. The summed E-state index contributed by atoms with van der Waals surface area (Å²) >= 11 is 0. The van der Waals surface area contributed by atoms with E-state index in [2.05, 4.69) is 13.8 Å². The smallest absolute Gasteiger partial charge is 0.200 e. The molecule has 0 bridgehead atoms. The van der Waals surface area contributed by atoms with Crippen LogP contribution in [0.25, 0.3) is 0 Å². The Bertz CT molecular complexity index is 702. The van der Waals surface area contributed by atoms with Crippen LogP contribution in [0, 0.1) is 29.4 Å². The van der Waals surface area contributed by atoms with Crippen molar-refractivity contribution in [2.45, 2.75) is 142 Å². The molecule has 1 aromatic rings. The minimum absolute atomic E-state index is 0.0779. The predicted molar refractivity (Wildman–Crippen MR) is 144 cm³/mol. The van der Waals surface area contributed by atoms with Gasteiger partial charge in [-0.05, 0) is 80.2 Å². The average Bonchev–Trinajstić information content (AvgIpc) is 2.89. The van der Waals surface area contributed by atoms with Gasteiger partial charge in [0.25, 0.3) is 0 Å². The zero-order valence-corrected chi connectivity index (χ0v) is 22.8. The number of halogens is 2. The molecular formula is C32H52F2O. The Morgan fingerprint density at radius 3 is 1.89 bits per heavy atom. The zero-order valence-electron chi connectivity index (χ0n) is 22.8. The lowest BCUT2D eigenvalue weighted by Gasteiger charge is -2.38. The van der Waals surface area contributed by atoms with Crippen molar-refractivity contribution in [1.82, 2.24) is 0 Å². The fourth-order valence-electron chi connectivity index (χ4n) is 6.75. The van der Waals surface area contributed by atoms with Gasteiger partial charge >= 0.3 is 0 Å². The van der Waals surface area contributed by atoms with Gasteiger partial charge < -0.3 is 4.74 Å². The molecule has 35 heavy (non-hydrogen) atoms. The van der Waals surface area contributed by atoms with Crippen LogP contribution in [0.15, 0.2) is 12.1 Å². The number of hydrogen-bond acceptors (Lipinski definition) is 1. The van der Waals surface area contributed by atoms with E-state index in [1.54, 1.807) is 12.1 Å². The first-order valence-corrected chi connectivity index (χ1v) is 15.2. The van der Waals surface area contributed by atoms with E-state index in [4.69, 9.17) is 4.74 Å². The molecule has 2 saturated carbocycles. The maximum absolute atomic E-state index is 14.9. The van der Waals surface area contributed by atoms with E-state index >= 15 is 0 Å². The summed E-state index contributed by atoms with van der Waals surface area (Å²) in [5.41, 5.74) is 0.571. The van der Waals surface area contributed by atoms with Gasteiger partial charge in [0.15, 0.2) is 11.6 Å². The summed E-state index contributed by atoms with van der Waals surface area (Å²) in [5.74, 6) is 1.39. The molecule has 2 aliphatic rings. The second kappa shape index (κ2) is 15.9. The summed E-state index contributed by atoms with van der Waals surface area (Å²) in [6.45, 7) is 4.90. The number of hydrogen-bond donors (Lipinski definition) is 0. The lowest BCUT2D eigenvalue weighted by molar-refractivity contribution is 0.155. The lowest BCUT2D eigenvalue weighted by atomic mass is 9.68. The van der Waals surface area contributed by atoms with Gasteiger partial charge in [-0.2, -0.15) is 4.39 Å². The number of ether oxygens (including phenoxy) is 1. The Morgan fingerprint density at radius 2 is 1.23 bits per heavy atom. The molecule has 0 N–H and O–H groups in total. The van der Waals surface area contributed by atoms with Crippen molar-refractivity contribution in [1.29, 1.82) is 0 Å². The van der Waals surface area contributed by atoms with E-state index in [1.165, 1.54) is 83.5 Å². The molecule has 200 valence electrons. The molecule has 3 rings (SSSR count). The first-order chi connectivity index (χ1) is 17.1. The molecule has 0 radical (unpaired) electrons. The standard InChI is InChI=1S/C32H52F2O/c1-3-5-7-9-10-11-13-25-14-16-26(17-15-25)27-18-20-28(21-19-27)29-22-23-30(32(34)31(29)33)35-24-12-8-6-4-2/h22-23,25-28H,3-21,24H2,1-2H3. The van der Waals surface area contributed by atoms with Crippen LogP contribution in [0.5, 0.6) is 5.75 Å². The van der Waals surface area contributed by atoms with E-state index in [-0.39, 0.29) is 11.7 Å². The van der Waals surface area contributed by atoms with Crippen molar-refractivity contribution < 1.29 is 13.5 Å². The second-order valence-corrected chi connectivity index (χ2v) is 11.6. The van der Waals surface area contributed by atoms with E-state index in [0.717, 1.165) is 56.3 Å². The molecule has 0 heterocycles. The second-order valence-electron chi connectivity index (χ2n) is 11.6. The molecule has 3 heteroatoms. The normalized spacial score (nSPS) is 25.0. The van der Waals surface area contributed by atoms with Crippen molar-refractivity contribution in [2.75, 3.05) is 6.61 Å². The van der Waals surface area contributed by atoms with E-state index in [9.17, 15) is 8.78 Å². The quantitative estimate of drug-likeness (QED) is 0.222. The Hall–Kier alpha value is -1.12. The van der Waals surface area contributed by atoms with E-state index in [0.29, 0.717) is 12.2 Å². The monoisotopic (exact) mass is 490 g/mol. The largest absolute Gasteiger partial charge is 0.490 e. The average molecular weight is 491 g/mol. The molecule has 0 saturated heterocycles. The molecule has 0 atom stereocenters. The predicted octanol–water partition coefficient (Wildman–Crippen LogP) is 10.8. The third-order valence-electron chi connectivity index (χ3n) is 9.07. The van der Waals surface area contributed by atoms with Gasteiger partial charge in [-0.25, -0.2) is 4.39 Å². The van der Waals surface area contributed by atoms with Gasteiger partial charge in [-0.15, -0.1) is 0 Å². The van der Waals surface area contributed by atoms with Crippen LogP contribution in [0.1, 0.15) is 147 Å². The van der Waals surface area contributed by atoms with Crippen molar-refractivity contribution in [3.63, 3.8) is 0 Å². The maximum Gasteiger partial charge on any atom is 0.200 e. The Labute approximate surface area is 214 Å². The van der Waals surface area contributed by atoms with Gasteiger partial charge in [-0.3, -0.25) is 0 Å². The molecule has 0 aliphatic heterocycles. The van der Waals surface area contributed by atoms with Crippen LogP contribution < -0.4 is 4.74 Å². The molecule has 1 nitrogen and oxygen atoms in total. The van der Waals surface area contributed by atoms with Crippen LogP contribution in [0.3, 0.4) is 0 Å². The Balaban J connectivity index is 1.37. The highest BCUT2D eigenvalue weighted by Gasteiger charge is 2.32. The summed E-state index contributed by atoms with van der Waals surface area (Å²) in [4.78, 5) is 0. The van der Waals surface area contributed by atoms with Gasteiger partial charge in [0.2, 0.25) is 5.82 Å². The van der Waals surface area contributed by atoms with Crippen LogP contribution in [-0.4, -0.2) is 6.61 Å². The van der Waals surface area contributed by atoms with Crippen LogP contribution in [0.4, 0.5) is 8.78 Å². The van der Waals surface area contributed by atoms with Crippen molar-refractivity contribution in [3.05, 3.63) is 29.3 Å². The fourth-order valence-corrected chi connectivity index (χ4v) is 6.75. The molecule has 0 amide bonds. The summed E-state index contributed by atoms with van der Waals surface area (Å²) in [6.07, 6.45) is 24.1. The molecule has 0 unspecified atom stereocenters. The number of benzene rings is 1. The van der Waals surface area contributed by atoms with E-state index in [1.807, 2.05) is 0 Å². The fraction of sp³-hybridized carbons (Fsp3) is 0.812. The molecule has 0 spiro atoms. The summed E-state index contributed by atoms with van der Waals surface area (Å²) in [5, 5.41) is 0. The highest BCUT2D eigenvalue weighted by atomic mass is 19.2. The molecule has 0 aromatic heterocycles. The topological polar surface area (TPSA) is 9.23 Å². The SMILES string of the molecule is CCCCCCCCC1CCC(C2CCC(c3ccc(OCCCCCC)c(F)c3F)CC2)CC1. The van der Waals surface area contributed by atoms with Crippen LogP contribution in [-0.2, 0) is 0 Å². The minimum Gasteiger partial charge on any atom is -0.490 e. The highest BCUT2D eigenvalue weighted by Crippen LogP contribution is 2.45. The van der Waals surface area contributed by atoms with Crippen molar-refractivity contribution >= 4 is 0 Å². The summed E-state index contributed by atoms with van der Waals surface area (Å²) < 4.78 is 35.1. The van der Waals surface area contributed by atoms with Gasteiger partial charge in [0.1, 0.15) is 0 Å². The van der Waals surface area contributed by atoms with Gasteiger partial charge in [0, 0.05) is 0 Å². The van der Waals surface area contributed by atoms with Crippen molar-refractivity contribution in [3.8, 4) is 5.75 Å². The Morgan fingerprint density at radius 1 is 0.657 bits per heavy atom. The third-order valence-corrected chi connectivity index (χ3v) is 9.07. The molecular weight excluding hydrogens is 438 g/mol. The molecule has 2 fully saturated rings. The third kappa shape index (κ3) is 9.04. The van der Waals surface area contributed by atoms with Gasteiger partial charge in [0.05, 0.1) is 6.61 Å². The lowest BCUT2D eigenvalue weighted by Crippen LogP contribution is -2.25. The van der Waals surface area contributed by atoms with Crippen LogP contribution >= 0.6 is 0 Å². The Kier molecular flexibility index (Phi) is 12.9. The minimum atomic E-state index is -0.788. The summed E-state index contributed by atoms with van der Waals surface area (Å²) in [7, 11) is 0. The van der Waals surface area contributed by atoms with E-state index < -0.39 is 11.6 Å².